The van der Waals surface area contributed by atoms with Gasteiger partial charge < -0.3 is 16.4 Å². The zero-order valence-corrected chi connectivity index (χ0v) is 10.8. The van der Waals surface area contributed by atoms with Crippen LogP contribution in [0.5, 0.6) is 0 Å². The summed E-state index contributed by atoms with van der Waals surface area (Å²) >= 11 is 3.43. The highest BCUT2D eigenvalue weighted by atomic mass is 79.9. The summed E-state index contributed by atoms with van der Waals surface area (Å²) in [6.45, 7) is 3.30. The molecule has 0 aliphatic carbocycles. The second-order valence-electron chi connectivity index (χ2n) is 3.52. The van der Waals surface area contributed by atoms with E-state index in [0.29, 0.717) is 13.1 Å². The molecule has 1 atom stereocenters. The van der Waals surface area contributed by atoms with Crippen molar-refractivity contribution in [1.82, 2.24) is 10.6 Å². The topological polar surface area (TPSA) is 67.2 Å². The largest absolute Gasteiger partial charge is 0.352 e. The molecule has 4 N–H and O–H groups in total. The van der Waals surface area contributed by atoms with Crippen LogP contribution in [0.25, 0.3) is 0 Å². The first kappa shape index (κ1) is 13.0. The van der Waals surface area contributed by atoms with Crippen LogP contribution in [0.15, 0.2) is 28.7 Å². The lowest BCUT2D eigenvalue weighted by molar-refractivity contribution is 0.249. The van der Waals surface area contributed by atoms with Crippen LogP contribution in [0, 0.1) is 0 Å². The monoisotopic (exact) mass is 285 g/mol. The number of nitrogens with two attached hydrogens (primary N) is 1. The molecule has 1 unspecified atom stereocenters. The van der Waals surface area contributed by atoms with Gasteiger partial charge in [-0.15, -0.1) is 0 Å². The van der Waals surface area contributed by atoms with Crippen molar-refractivity contribution in [3.05, 3.63) is 34.3 Å². The van der Waals surface area contributed by atoms with E-state index in [0.717, 1.165) is 4.47 Å². The van der Waals surface area contributed by atoms with Crippen LogP contribution in [0.2, 0.25) is 0 Å². The van der Waals surface area contributed by atoms with E-state index < -0.39 is 6.03 Å². The first-order chi connectivity index (χ1) is 7.59. The molecule has 0 spiro atoms. The number of carbonyl (C=O) groups excluding carboxylic acids is 1. The van der Waals surface area contributed by atoms with E-state index in [-0.39, 0.29) is 6.04 Å². The molecule has 5 heteroatoms. The minimum absolute atomic E-state index is 0.243. The van der Waals surface area contributed by atoms with Gasteiger partial charge in [0.1, 0.15) is 0 Å². The van der Waals surface area contributed by atoms with Gasteiger partial charge in [-0.3, -0.25) is 0 Å². The highest BCUT2D eigenvalue weighted by Crippen LogP contribution is 2.17. The predicted octanol–water partition coefficient (Wildman–Crippen LogP) is 1.77. The average molecular weight is 286 g/mol. The molecule has 0 saturated carbocycles. The number of primary amides is 1. The van der Waals surface area contributed by atoms with E-state index in [1.807, 2.05) is 12.1 Å². The number of hydrogen-bond donors (Lipinski definition) is 3. The van der Waals surface area contributed by atoms with Gasteiger partial charge in [0.2, 0.25) is 0 Å². The molecule has 16 heavy (non-hydrogen) atoms. The quantitative estimate of drug-likeness (QED) is 0.722. The molecule has 0 radical (unpaired) electrons. The van der Waals surface area contributed by atoms with E-state index in [2.05, 4.69) is 45.6 Å². The maximum atomic E-state index is 10.4. The van der Waals surface area contributed by atoms with E-state index in [1.54, 1.807) is 0 Å². The van der Waals surface area contributed by atoms with E-state index in [1.165, 1.54) is 5.56 Å². The van der Waals surface area contributed by atoms with Crippen LogP contribution in [-0.4, -0.2) is 19.1 Å². The molecule has 4 nitrogen and oxygen atoms in total. The fraction of sp³-hybridized carbons (Fsp3) is 0.364. The number of urea groups is 1. The van der Waals surface area contributed by atoms with Gasteiger partial charge in [-0.05, 0) is 24.6 Å². The highest BCUT2D eigenvalue weighted by molar-refractivity contribution is 9.10. The van der Waals surface area contributed by atoms with Gasteiger partial charge in [-0.1, -0.05) is 28.1 Å². The molecule has 0 aliphatic heterocycles. The maximum absolute atomic E-state index is 10.4. The van der Waals surface area contributed by atoms with Crippen molar-refractivity contribution < 1.29 is 4.79 Å². The summed E-state index contributed by atoms with van der Waals surface area (Å²) in [5.41, 5.74) is 6.16. The molecule has 0 aliphatic rings. The molecule has 1 aromatic rings. The van der Waals surface area contributed by atoms with Gasteiger partial charge in [-0.2, -0.15) is 0 Å². The second-order valence-corrected chi connectivity index (χ2v) is 4.44. The third-order valence-electron chi connectivity index (χ3n) is 2.22. The molecule has 2 amide bonds. The average Bonchev–Trinajstić information content (AvgIpc) is 2.24. The van der Waals surface area contributed by atoms with Gasteiger partial charge in [0.05, 0.1) is 0 Å². The summed E-state index contributed by atoms with van der Waals surface area (Å²) in [4.78, 5) is 10.4. The summed E-state index contributed by atoms with van der Waals surface area (Å²) in [5, 5.41) is 5.82. The van der Waals surface area contributed by atoms with Crippen LogP contribution < -0.4 is 16.4 Å². The van der Waals surface area contributed by atoms with Crippen molar-refractivity contribution in [2.75, 3.05) is 13.1 Å². The van der Waals surface area contributed by atoms with Crippen LogP contribution in [0.4, 0.5) is 4.79 Å². The Labute approximate surface area is 104 Å². The fourth-order valence-corrected chi connectivity index (χ4v) is 1.79. The Morgan fingerprint density at radius 3 is 2.88 bits per heavy atom. The summed E-state index contributed by atoms with van der Waals surface area (Å²) in [6, 6.07) is 7.87. The number of carbonyl (C=O) groups is 1. The van der Waals surface area contributed by atoms with Gasteiger partial charge in [0.25, 0.3) is 0 Å². The van der Waals surface area contributed by atoms with Gasteiger partial charge in [-0.25, -0.2) is 4.79 Å². The van der Waals surface area contributed by atoms with Gasteiger partial charge in [0.15, 0.2) is 0 Å². The number of benzene rings is 1. The van der Waals surface area contributed by atoms with Crippen molar-refractivity contribution in [1.29, 1.82) is 0 Å². The summed E-state index contributed by atoms with van der Waals surface area (Å²) < 4.78 is 1.06. The molecule has 0 heterocycles. The van der Waals surface area contributed by atoms with Crippen molar-refractivity contribution in [2.45, 2.75) is 13.0 Å². The number of hydrogen-bond acceptors (Lipinski definition) is 2. The summed E-state index contributed by atoms with van der Waals surface area (Å²) in [6.07, 6.45) is 0. The van der Waals surface area contributed by atoms with Crippen LogP contribution >= 0.6 is 15.9 Å². The number of nitrogens with one attached hydrogen (secondary N) is 2. The first-order valence-electron chi connectivity index (χ1n) is 5.11. The molecular formula is C11H16BrN3O. The van der Waals surface area contributed by atoms with Gasteiger partial charge >= 0.3 is 6.03 Å². The first-order valence-corrected chi connectivity index (χ1v) is 5.91. The van der Waals surface area contributed by atoms with Crippen molar-refractivity contribution >= 4 is 22.0 Å². The smallest absolute Gasteiger partial charge is 0.312 e. The predicted molar refractivity (Wildman–Crippen MR) is 68.1 cm³/mol. The molecule has 1 rings (SSSR count). The van der Waals surface area contributed by atoms with Crippen LogP contribution in [-0.2, 0) is 0 Å². The number of halogens is 1. The van der Waals surface area contributed by atoms with E-state index in [9.17, 15) is 4.79 Å². The SMILES string of the molecule is CC(NCCNC(N)=O)c1cccc(Br)c1. The lowest BCUT2D eigenvalue weighted by Crippen LogP contribution is -2.35. The summed E-state index contributed by atoms with van der Waals surface area (Å²) in [5.74, 6) is 0. The van der Waals surface area contributed by atoms with Crippen LogP contribution in [0.1, 0.15) is 18.5 Å². The zero-order valence-electron chi connectivity index (χ0n) is 9.16. The number of amides is 2. The molecule has 0 saturated heterocycles. The molecule has 0 aromatic heterocycles. The van der Waals surface area contributed by atoms with Crippen molar-refractivity contribution in [3.8, 4) is 0 Å². The minimum Gasteiger partial charge on any atom is -0.352 e. The minimum atomic E-state index is -0.489. The molecule has 0 fully saturated rings. The Morgan fingerprint density at radius 2 is 2.25 bits per heavy atom. The van der Waals surface area contributed by atoms with Gasteiger partial charge in [0, 0.05) is 23.6 Å². The Kier molecular flexibility index (Phi) is 5.28. The highest BCUT2D eigenvalue weighted by Gasteiger charge is 2.04. The molecular weight excluding hydrogens is 270 g/mol. The Hall–Kier alpha value is -1.07. The van der Waals surface area contributed by atoms with Crippen LogP contribution in [0.3, 0.4) is 0 Å². The summed E-state index contributed by atoms with van der Waals surface area (Å²) in [7, 11) is 0. The normalized spacial score (nSPS) is 12.1. The second kappa shape index (κ2) is 6.50. The lowest BCUT2D eigenvalue weighted by Gasteiger charge is -2.14. The maximum Gasteiger partial charge on any atom is 0.312 e. The van der Waals surface area contributed by atoms with E-state index >= 15 is 0 Å². The molecule has 0 bridgehead atoms. The lowest BCUT2D eigenvalue weighted by atomic mass is 10.1. The zero-order chi connectivity index (χ0) is 12.0. The standard InChI is InChI=1S/C11H16BrN3O/c1-8(14-5-6-15-11(13)16)9-3-2-4-10(12)7-9/h2-4,7-8,14H,5-6H2,1H3,(H3,13,15,16). The molecule has 88 valence electrons. The van der Waals surface area contributed by atoms with Crippen molar-refractivity contribution in [3.63, 3.8) is 0 Å². The molecule has 1 aromatic carbocycles. The fourth-order valence-electron chi connectivity index (χ4n) is 1.37. The Bertz CT molecular complexity index is 357. The number of rotatable bonds is 5. The Balaban J connectivity index is 2.35. The van der Waals surface area contributed by atoms with Crippen molar-refractivity contribution in [2.24, 2.45) is 5.73 Å². The van der Waals surface area contributed by atoms with E-state index in [4.69, 9.17) is 5.73 Å². The third-order valence-corrected chi connectivity index (χ3v) is 2.72. The Morgan fingerprint density at radius 1 is 1.50 bits per heavy atom. The third kappa shape index (κ3) is 4.63.